The van der Waals surface area contributed by atoms with Crippen LogP contribution in [0.2, 0.25) is 0 Å². The molecular formula is C18H18O5. The van der Waals surface area contributed by atoms with Gasteiger partial charge in [-0.25, -0.2) is 0 Å². The lowest BCUT2D eigenvalue weighted by Crippen LogP contribution is -2.12. The molecule has 0 saturated heterocycles. The maximum Gasteiger partial charge on any atom is 0.310 e. The van der Waals surface area contributed by atoms with Crippen LogP contribution in [-0.2, 0) is 16.0 Å². The molecule has 0 aliphatic rings. The Bertz CT molecular complexity index is 707. The van der Waals surface area contributed by atoms with E-state index in [-0.39, 0.29) is 12.2 Å². The van der Waals surface area contributed by atoms with Crippen LogP contribution < -0.4 is 9.47 Å². The average Bonchev–Trinajstić information content (AvgIpc) is 2.61. The van der Waals surface area contributed by atoms with E-state index in [4.69, 9.17) is 14.2 Å². The summed E-state index contributed by atoms with van der Waals surface area (Å²) < 4.78 is 15.2. The number of esters is 1. The molecule has 23 heavy (non-hydrogen) atoms. The summed E-state index contributed by atoms with van der Waals surface area (Å²) >= 11 is 0. The zero-order valence-electron chi connectivity index (χ0n) is 13.3. The Hall–Kier alpha value is -2.82. The highest BCUT2D eigenvalue weighted by Gasteiger charge is 2.20. The van der Waals surface area contributed by atoms with Gasteiger partial charge in [-0.3, -0.25) is 9.59 Å². The Morgan fingerprint density at radius 3 is 2.09 bits per heavy atom. The van der Waals surface area contributed by atoms with Crippen molar-refractivity contribution in [3.8, 4) is 11.5 Å². The van der Waals surface area contributed by atoms with Gasteiger partial charge in [-0.2, -0.15) is 0 Å². The molecule has 0 heterocycles. The normalized spacial score (nSPS) is 10.0. The van der Waals surface area contributed by atoms with Gasteiger partial charge >= 0.3 is 5.97 Å². The van der Waals surface area contributed by atoms with E-state index < -0.39 is 5.97 Å². The third kappa shape index (κ3) is 3.69. The highest BCUT2D eigenvalue weighted by molar-refractivity contribution is 6.10. The molecule has 5 heteroatoms. The van der Waals surface area contributed by atoms with Crippen LogP contribution in [-0.4, -0.2) is 33.1 Å². The first-order chi connectivity index (χ1) is 11.1. The quantitative estimate of drug-likeness (QED) is 0.606. The van der Waals surface area contributed by atoms with Gasteiger partial charge in [-0.15, -0.1) is 0 Å². The van der Waals surface area contributed by atoms with Gasteiger partial charge in [0, 0.05) is 11.1 Å². The van der Waals surface area contributed by atoms with E-state index in [1.165, 1.54) is 21.3 Å². The fourth-order valence-corrected chi connectivity index (χ4v) is 2.25. The highest BCUT2D eigenvalue weighted by atomic mass is 16.5. The zero-order chi connectivity index (χ0) is 16.8. The molecule has 2 rings (SSSR count). The second-order valence-electron chi connectivity index (χ2n) is 4.81. The fraction of sp³-hybridized carbons (Fsp3) is 0.222. The second kappa shape index (κ2) is 7.45. The molecule has 0 radical (unpaired) electrons. The first kappa shape index (κ1) is 16.5. The average molecular weight is 314 g/mol. The standard InChI is InChI=1S/C18H18O5/c1-21-15-9-13(10-17(19)23-3)14(11-16(15)22-2)18(20)12-7-5-4-6-8-12/h4-9,11H,10H2,1-3H3. The molecule has 0 aromatic heterocycles. The summed E-state index contributed by atoms with van der Waals surface area (Å²) in [6.07, 6.45) is -0.0231. The zero-order valence-corrected chi connectivity index (χ0v) is 13.3. The molecule has 0 saturated carbocycles. The summed E-state index contributed by atoms with van der Waals surface area (Å²) in [4.78, 5) is 24.4. The Morgan fingerprint density at radius 2 is 1.52 bits per heavy atom. The molecule has 0 aliphatic carbocycles. The Morgan fingerprint density at radius 1 is 0.913 bits per heavy atom. The van der Waals surface area contributed by atoms with E-state index in [0.29, 0.717) is 28.2 Å². The predicted octanol–water partition coefficient (Wildman–Crippen LogP) is 2.65. The van der Waals surface area contributed by atoms with E-state index in [1.807, 2.05) is 6.07 Å². The number of carbonyl (C=O) groups excluding carboxylic acids is 2. The third-order valence-corrected chi connectivity index (χ3v) is 3.45. The fourth-order valence-electron chi connectivity index (χ4n) is 2.25. The molecule has 0 atom stereocenters. The highest BCUT2D eigenvalue weighted by Crippen LogP contribution is 2.32. The first-order valence-corrected chi connectivity index (χ1v) is 7.02. The van der Waals surface area contributed by atoms with Gasteiger partial charge in [0.1, 0.15) is 0 Å². The number of rotatable bonds is 6. The Labute approximate surface area is 134 Å². The number of benzene rings is 2. The number of ketones is 1. The van der Waals surface area contributed by atoms with Crippen molar-refractivity contribution in [3.05, 3.63) is 59.2 Å². The van der Waals surface area contributed by atoms with Crippen LogP contribution in [0.15, 0.2) is 42.5 Å². The van der Waals surface area contributed by atoms with Crippen molar-refractivity contribution in [2.24, 2.45) is 0 Å². The molecule has 0 unspecified atom stereocenters. The Kier molecular flexibility index (Phi) is 5.36. The van der Waals surface area contributed by atoms with Crippen molar-refractivity contribution in [1.29, 1.82) is 0 Å². The smallest absolute Gasteiger partial charge is 0.310 e. The summed E-state index contributed by atoms with van der Waals surface area (Å²) in [5, 5.41) is 0. The van der Waals surface area contributed by atoms with Crippen molar-refractivity contribution < 1.29 is 23.8 Å². The number of methoxy groups -OCH3 is 3. The van der Waals surface area contributed by atoms with Gasteiger partial charge in [0.05, 0.1) is 27.8 Å². The monoisotopic (exact) mass is 314 g/mol. The van der Waals surface area contributed by atoms with Gasteiger partial charge in [0.2, 0.25) is 0 Å². The molecule has 0 aliphatic heterocycles. The number of carbonyl (C=O) groups is 2. The maximum atomic E-state index is 12.8. The van der Waals surface area contributed by atoms with Gasteiger partial charge in [-0.05, 0) is 17.7 Å². The molecule has 0 fully saturated rings. The first-order valence-electron chi connectivity index (χ1n) is 7.02. The summed E-state index contributed by atoms with van der Waals surface area (Å²) in [5.41, 5.74) is 1.45. The molecule has 2 aromatic rings. The van der Waals surface area contributed by atoms with E-state index in [1.54, 1.807) is 36.4 Å². The van der Waals surface area contributed by atoms with E-state index >= 15 is 0 Å². The minimum Gasteiger partial charge on any atom is -0.493 e. The topological polar surface area (TPSA) is 61.8 Å². The molecule has 120 valence electrons. The van der Waals surface area contributed by atoms with Crippen LogP contribution in [0.25, 0.3) is 0 Å². The summed E-state index contributed by atoms with van der Waals surface area (Å²) in [5.74, 6) is 0.265. The summed E-state index contributed by atoms with van der Waals surface area (Å²) in [6.45, 7) is 0. The lowest BCUT2D eigenvalue weighted by atomic mass is 9.96. The van der Waals surface area contributed by atoms with Crippen LogP contribution in [0.1, 0.15) is 21.5 Å². The maximum absolute atomic E-state index is 12.8. The van der Waals surface area contributed by atoms with E-state index in [0.717, 1.165) is 0 Å². The van der Waals surface area contributed by atoms with Crippen LogP contribution in [0.5, 0.6) is 11.5 Å². The second-order valence-corrected chi connectivity index (χ2v) is 4.81. The molecule has 0 N–H and O–H groups in total. The van der Waals surface area contributed by atoms with Crippen molar-refractivity contribution in [2.75, 3.05) is 21.3 Å². The molecule has 0 spiro atoms. The number of hydrogen-bond acceptors (Lipinski definition) is 5. The van der Waals surface area contributed by atoms with Crippen LogP contribution in [0, 0.1) is 0 Å². The number of hydrogen-bond donors (Lipinski definition) is 0. The molecule has 2 aromatic carbocycles. The van der Waals surface area contributed by atoms with Crippen LogP contribution in [0.3, 0.4) is 0 Å². The summed E-state index contributed by atoms with van der Waals surface area (Å²) in [7, 11) is 4.30. The van der Waals surface area contributed by atoms with Gasteiger partial charge in [-0.1, -0.05) is 30.3 Å². The van der Waals surface area contributed by atoms with Gasteiger partial charge in [0.25, 0.3) is 0 Å². The largest absolute Gasteiger partial charge is 0.493 e. The van der Waals surface area contributed by atoms with Crippen molar-refractivity contribution in [2.45, 2.75) is 6.42 Å². The molecule has 5 nitrogen and oxygen atoms in total. The molecule has 0 amide bonds. The lowest BCUT2D eigenvalue weighted by Gasteiger charge is -2.14. The Balaban J connectivity index is 2.54. The summed E-state index contributed by atoms with van der Waals surface area (Å²) in [6, 6.07) is 12.1. The minimum absolute atomic E-state index is 0.0231. The minimum atomic E-state index is -0.431. The predicted molar refractivity (Wildman–Crippen MR) is 85.1 cm³/mol. The van der Waals surface area contributed by atoms with Crippen molar-refractivity contribution in [1.82, 2.24) is 0 Å². The van der Waals surface area contributed by atoms with Gasteiger partial charge < -0.3 is 14.2 Å². The molecular weight excluding hydrogens is 296 g/mol. The SMILES string of the molecule is COC(=O)Cc1cc(OC)c(OC)cc1C(=O)c1ccccc1. The van der Waals surface area contributed by atoms with Crippen molar-refractivity contribution in [3.63, 3.8) is 0 Å². The lowest BCUT2D eigenvalue weighted by molar-refractivity contribution is -0.139. The van der Waals surface area contributed by atoms with Crippen molar-refractivity contribution >= 4 is 11.8 Å². The van der Waals surface area contributed by atoms with Gasteiger partial charge in [0.15, 0.2) is 17.3 Å². The van der Waals surface area contributed by atoms with Crippen LogP contribution in [0.4, 0.5) is 0 Å². The third-order valence-electron chi connectivity index (χ3n) is 3.45. The van der Waals surface area contributed by atoms with E-state index in [9.17, 15) is 9.59 Å². The van der Waals surface area contributed by atoms with Crippen LogP contribution >= 0.6 is 0 Å². The molecule has 0 bridgehead atoms. The number of ether oxygens (including phenoxy) is 3. The van der Waals surface area contributed by atoms with E-state index in [2.05, 4.69) is 0 Å².